The normalized spacial score (nSPS) is 18.3. The molecule has 1 heterocycles. The quantitative estimate of drug-likeness (QED) is 0.0228. The molecule has 0 amide bonds. The van der Waals surface area contributed by atoms with Crippen LogP contribution in [0.15, 0.2) is 72.9 Å². The van der Waals surface area contributed by atoms with Gasteiger partial charge in [-0.3, -0.25) is 14.4 Å². The molecule has 1 aliphatic rings. The van der Waals surface area contributed by atoms with Gasteiger partial charge in [-0.1, -0.05) is 273 Å². The number of hydrogen-bond donors (Lipinski definition) is 3. The van der Waals surface area contributed by atoms with Crippen molar-refractivity contribution in [3.63, 3.8) is 0 Å². The van der Waals surface area contributed by atoms with E-state index in [1.807, 2.05) is 12.2 Å². The Morgan fingerprint density at radius 2 is 0.797 bits per heavy atom. The van der Waals surface area contributed by atoms with Crippen molar-refractivity contribution in [1.82, 2.24) is 0 Å². The van der Waals surface area contributed by atoms with Gasteiger partial charge in [0.1, 0.15) is 18.8 Å². The average molecular weight is 1110 g/mol. The van der Waals surface area contributed by atoms with Gasteiger partial charge in [-0.05, 0) is 57.8 Å². The van der Waals surface area contributed by atoms with Gasteiger partial charge < -0.3 is 39.0 Å². The van der Waals surface area contributed by atoms with Crippen LogP contribution in [0.1, 0.15) is 278 Å². The first-order valence-corrected chi connectivity index (χ1v) is 31.9. The van der Waals surface area contributed by atoms with Gasteiger partial charge in [0.25, 0.3) is 0 Å². The third-order valence-corrected chi connectivity index (χ3v) is 14.3. The van der Waals surface area contributed by atoms with E-state index in [4.69, 9.17) is 23.7 Å². The third kappa shape index (κ3) is 44.5. The minimum Gasteiger partial charge on any atom is -0.479 e. The fourth-order valence-corrected chi connectivity index (χ4v) is 9.45. The molecule has 0 aromatic heterocycles. The highest BCUT2D eigenvalue weighted by Crippen LogP contribution is 2.27. The Kier molecular flexibility index (Phi) is 50.7. The molecule has 0 bridgehead atoms. The largest absolute Gasteiger partial charge is 0.479 e. The third-order valence-electron chi connectivity index (χ3n) is 14.3. The van der Waals surface area contributed by atoms with Gasteiger partial charge in [-0.2, -0.15) is 0 Å². The summed E-state index contributed by atoms with van der Waals surface area (Å²) in [5.41, 5.74) is 0. The van der Waals surface area contributed by atoms with Gasteiger partial charge in [-0.15, -0.1) is 0 Å². The second-order valence-electron chi connectivity index (χ2n) is 21.7. The maximum atomic E-state index is 13.2. The molecule has 0 spiro atoms. The van der Waals surface area contributed by atoms with E-state index < -0.39 is 67.3 Å². The number of carbonyl (C=O) groups excluding carboxylic acids is 3. The Balaban J connectivity index is 2.71. The molecule has 79 heavy (non-hydrogen) atoms. The zero-order chi connectivity index (χ0) is 57.5. The molecule has 0 radical (unpaired) electrons. The van der Waals surface area contributed by atoms with Gasteiger partial charge >= 0.3 is 23.9 Å². The molecule has 6 atom stereocenters. The molecule has 1 rings (SSSR count). The molecular weight excluding hydrogens is 997 g/mol. The summed E-state index contributed by atoms with van der Waals surface area (Å²) < 4.78 is 28.4. The van der Waals surface area contributed by atoms with Gasteiger partial charge in [0.05, 0.1) is 6.61 Å². The Morgan fingerprint density at radius 3 is 1.19 bits per heavy atom. The topological polar surface area (TPSA) is 175 Å². The van der Waals surface area contributed by atoms with E-state index in [0.717, 1.165) is 83.5 Å². The molecule has 6 unspecified atom stereocenters. The lowest BCUT2D eigenvalue weighted by atomic mass is 9.98. The fraction of sp³-hybridized carbons (Fsp3) is 0.761. The zero-order valence-electron chi connectivity index (χ0n) is 50.1. The summed E-state index contributed by atoms with van der Waals surface area (Å²) in [4.78, 5) is 51.2. The number of aliphatic hydroxyl groups is 2. The predicted molar refractivity (Wildman–Crippen MR) is 322 cm³/mol. The number of esters is 3. The van der Waals surface area contributed by atoms with E-state index >= 15 is 0 Å². The van der Waals surface area contributed by atoms with E-state index in [1.165, 1.54) is 135 Å². The molecule has 12 heteroatoms. The summed E-state index contributed by atoms with van der Waals surface area (Å²) in [7, 11) is 0. The highest BCUT2D eigenvalue weighted by Gasteiger charge is 2.50. The maximum Gasteiger partial charge on any atom is 0.335 e. The summed E-state index contributed by atoms with van der Waals surface area (Å²) >= 11 is 0. The molecule has 1 aliphatic heterocycles. The first kappa shape index (κ1) is 73.2. The van der Waals surface area contributed by atoms with Crippen LogP contribution in [0, 0.1) is 0 Å². The standard InChI is InChI=1S/C67H114O12/c1-4-7-10-13-16-19-22-25-27-29-30-32-33-36-38-41-44-47-50-53-59(68)75-56-58(77-60(69)54-51-48-45-42-40-37-34-31-28-26-23-20-17-14-11-8-5-2)57-76-67-65(63(72)62(71)64(79-67)66(73)74)78-61(70)55-52-49-46-43-39-35-24-21-18-15-12-9-6-3/h7,10,16,19,25,27,30,32,36,38,44,47,58,62-65,67,71-72H,4-6,8-9,11-15,17-18,20-24,26,28-29,31,33-35,37,39-43,45-46,48-57H2,1-3H3,(H,73,74)/b10-7-,19-16-,27-25-,32-30-,38-36-,47-44-. The van der Waals surface area contributed by atoms with Crippen molar-refractivity contribution in [1.29, 1.82) is 0 Å². The van der Waals surface area contributed by atoms with Crippen molar-refractivity contribution in [2.75, 3.05) is 13.2 Å². The average Bonchev–Trinajstić information content (AvgIpc) is 3.44. The number of aliphatic carboxylic acids is 1. The molecule has 0 saturated carbocycles. The van der Waals surface area contributed by atoms with E-state index in [1.54, 1.807) is 0 Å². The summed E-state index contributed by atoms with van der Waals surface area (Å²) in [5.74, 6) is -3.21. The zero-order valence-corrected chi connectivity index (χ0v) is 50.1. The van der Waals surface area contributed by atoms with Gasteiger partial charge in [0, 0.05) is 19.3 Å². The molecule has 12 nitrogen and oxygen atoms in total. The monoisotopic (exact) mass is 1110 g/mol. The number of unbranched alkanes of at least 4 members (excludes halogenated alkanes) is 28. The number of carboxylic acids is 1. The van der Waals surface area contributed by atoms with Crippen LogP contribution in [-0.4, -0.2) is 89.2 Å². The van der Waals surface area contributed by atoms with Crippen molar-refractivity contribution in [3.05, 3.63) is 72.9 Å². The number of carbonyl (C=O) groups is 4. The lowest BCUT2D eigenvalue weighted by Gasteiger charge is -2.40. The van der Waals surface area contributed by atoms with Crippen molar-refractivity contribution >= 4 is 23.9 Å². The number of rotatable bonds is 54. The van der Waals surface area contributed by atoms with Crippen molar-refractivity contribution in [2.45, 2.75) is 314 Å². The summed E-state index contributed by atoms with van der Waals surface area (Å²) in [6.45, 7) is 5.84. The van der Waals surface area contributed by atoms with Crippen LogP contribution in [0.25, 0.3) is 0 Å². The van der Waals surface area contributed by atoms with Gasteiger partial charge in [-0.25, -0.2) is 4.79 Å². The Morgan fingerprint density at radius 1 is 0.430 bits per heavy atom. The molecule has 0 aromatic carbocycles. The fourth-order valence-electron chi connectivity index (χ4n) is 9.45. The van der Waals surface area contributed by atoms with E-state index in [9.17, 15) is 34.5 Å². The predicted octanol–water partition coefficient (Wildman–Crippen LogP) is 16.9. The first-order valence-electron chi connectivity index (χ1n) is 31.9. The number of ether oxygens (including phenoxy) is 5. The van der Waals surface area contributed by atoms with Crippen LogP contribution in [0.4, 0.5) is 0 Å². The SMILES string of the molecule is CC/C=C\C/C=C\C/C=C\C/C=C\C/C=C\C/C=C\CCC(=O)OCC(COC1OC(C(=O)O)C(O)C(O)C1OC(=O)CCCCCCCCCCCCCCC)OC(=O)CCCCCCCCCCCCCCCCCCC. The highest BCUT2D eigenvalue weighted by atomic mass is 16.7. The van der Waals surface area contributed by atoms with Gasteiger partial charge in [0.2, 0.25) is 0 Å². The van der Waals surface area contributed by atoms with E-state index in [-0.39, 0.29) is 25.9 Å². The number of aliphatic hydroxyl groups excluding tert-OH is 2. The maximum absolute atomic E-state index is 13.2. The molecule has 1 fully saturated rings. The summed E-state index contributed by atoms with van der Waals surface area (Å²) in [6.07, 6.45) is 57.4. The second kappa shape index (κ2) is 54.7. The van der Waals surface area contributed by atoms with E-state index in [0.29, 0.717) is 19.3 Å². The minimum absolute atomic E-state index is 0.0559. The molecular formula is C67H114O12. The van der Waals surface area contributed by atoms with Crippen molar-refractivity contribution in [3.8, 4) is 0 Å². The lowest BCUT2D eigenvalue weighted by Crippen LogP contribution is -2.61. The molecule has 0 aromatic rings. The van der Waals surface area contributed by atoms with Crippen LogP contribution in [0.5, 0.6) is 0 Å². The first-order chi connectivity index (χ1) is 38.6. The number of allylic oxidation sites excluding steroid dienone is 12. The lowest BCUT2D eigenvalue weighted by molar-refractivity contribution is -0.301. The molecule has 3 N–H and O–H groups in total. The molecule has 0 aliphatic carbocycles. The van der Waals surface area contributed by atoms with Crippen molar-refractivity contribution in [2.24, 2.45) is 0 Å². The summed E-state index contributed by atoms with van der Waals surface area (Å²) in [5, 5.41) is 31.5. The highest BCUT2D eigenvalue weighted by molar-refractivity contribution is 5.74. The van der Waals surface area contributed by atoms with E-state index in [2.05, 4.69) is 81.5 Å². The van der Waals surface area contributed by atoms with Crippen molar-refractivity contribution < 1.29 is 58.2 Å². The van der Waals surface area contributed by atoms with Crippen LogP contribution < -0.4 is 0 Å². The Hall–Kier alpha value is -3.84. The Labute approximate surface area is 480 Å². The number of hydrogen-bond acceptors (Lipinski definition) is 11. The number of carboxylic acid groups (broad SMARTS) is 1. The minimum atomic E-state index is -1.91. The van der Waals surface area contributed by atoms with Gasteiger partial charge in [0.15, 0.2) is 24.6 Å². The van der Waals surface area contributed by atoms with Crippen LogP contribution in [0.3, 0.4) is 0 Å². The molecule has 454 valence electrons. The van der Waals surface area contributed by atoms with Crippen LogP contribution >= 0.6 is 0 Å². The Bertz CT molecular complexity index is 1650. The summed E-state index contributed by atoms with van der Waals surface area (Å²) in [6, 6.07) is 0. The molecule has 1 saturated heterocycles. The van der Waals surface area contributed by atoms with Crippen LogP contribution in [0.2, 0.25) is 0 Å². The second-order valence-corrected chi connectivity index (χ2v) is 21.7. The smallest absolute Gasteiger partial charge is 0.335 e. The van der Waals surface area contributed by atoms with Crippen LogP contribution in [-0.2, 0) is 42.9 Å².